The molecule has 1 aliphatic heterocycles. The number of anilines is 2. The molecule has 0 spiro atoms. The molecular weight excluding hydrogens is 238 g/mol. The van der Waals surface area contributed by atoms with Gasteiger partial charge in [-0.2, -0.15) is 0 Å². The lowest BCUT2D eigenvalue weighted by Gasteiger charge is -2.43. The second kappa shape index (κ2) is 5.74. The Morgan fingerprint density at radius 2 is 1.89 bits per heavy atom. The molecule has 1 aromatic heterocycles. The van der Waals surface area contributed by atoms with E-state index in [1.54, 1.807) is 0 Å². The van der Waals surface area contributed by atoms with Crippen molar-refractivity contribution in [2.45, 2.75) is 39.3 Å². The lowest BCUT2D eigenvalue weighted by atomic mass is 10.1. The van der Waals surface area contributed by atoms with Crippen LogP contribution in [0.1, 0.15) is 26.6 Å². The minimum absolute atomic E-state index is 0.543. The van der Waals surface area contributed by atoms with E-state index in [1.165, 1.54) is 0 Å². The number of piperazine rings is 1. The highest BCUT2D eigenvalue weighted by molar-refractivity contribution is 5.49. The minimum Gasteiger partial charge on any atom is -0.373 e. The second-order valence-corrected chi connectivity index (χ2v) is 5.40. The average Bonchev–Trinajstić information content (AvgIpc) is 2.43. The maximum atomic E-state index is 4.67. The zero-order valence-electron chi connectivity index (χ0n) is 12.6. The maximum Gasteiger partial charge on any atom is 0.134 e. The molecule has 106 valence electrons. The minimum atomic E-state index is 0.543. The van der Waals surface area contributed by atoms with Gasteiger partial charge in [-0.15, -0.1) is 0 Å². The molecule has 1 saturated heterocycles. The van der Waals surface area contributed by atoms with Crippen LogP contribution in [-0.2, 0) is 6.42 Å². The first kappa shape index (κ1) is 14.1. The summed E-state index contributed by atoms with van der Waals surface area (Å²) in [6.07, 6.45) is 0.862. The molecule has 0 amide bonds. The molecule has 1 aromatic rings. The number of nitrogens with one attached hydrogen (secondary N) is 1. The summed E-state index contributed by atoms with van der Waals surface area (Å²) in [5.41, 5.74) is 0. The molecule has 2 heterocycles. The molecule has 2 rings (SSSR count). The van der Waals surface area contributed by atoms with Gasteiger partial charge < -0.3 is 10.2 Å². The molecule has 1 N–H and O–H groups in total. The molecule has 0 saturated carbocycles. The molecule has 1 fully saturated rings. The van der Waals surface area contributed by atoms with E-state index in [9.17, 15) is 0 Å². The number of hydrogen-bond acceptors (Lipinski definition) is 5. The van der Waals surface area contributed by atoms with Crippen LogP contribution in [0, 0.1) is 0 Å². The summed E-state index contributed by atoms with van der Waals surface area (Å²) in [5, 5.41) is 3.12. The second-order valence-electron chi connectivity index (χ2n) is 5.40. The quantitative estimate of drug-likeness (QED) is 0.897. The number of nitrogens with zero attached hydrogens (tertiary/aromatic N) is 4. The summed E-state index contributed by atoms with van der Waals surface area (Å²) in [4.78, 5) is 13.9. The van der Waals surface area contributed by atoms with Crippen LogP contribution in [0.2, 0.25) is 0 Å². The highest BCUT2D eigenvalue weighted by atomic mass is 15.3. The van der Waals surface area contributed by atoms with Gasteiger partial charge >= 0.3 is 0 Å². The maximum absolute atomic E-state index is 4.67. The van der Waals surface area contributed by atoms with E-state index in [0.29, 0.717) is 12.1 Å². The highest BCUT2D eigenvalue weighted by Gasteiger charge is 2.27. The van der Waals surface area contributed by atoms with Crippen molar-refractivity contribution in [1.29, 1.82) is 0 Å². The smallest absolute Gasteiger partial charge is 0.134 e. The third-order valence-electron chi connectivity index (χ3n) is 4.02. The van der Waals surface area contributed by atoms with Crippen LogP contribution in [0.5, 0.6) is 0 Å². The predicted molar refractivity (Wildman–Crippen MR) is 79.9 cm³/mol. The van der Waals surface area contributed by atoms with Crippen molar-refractivity contribution < 1.29 is 0 Å². The molecule has 0 bridgehead atoms. The van der Waals surface area contributed by atoms with Gasteiger partial charge in [0.15, 0.2) is 0 Å². The zero-order valence-corrected chi connectivity index (χ0v) is 12.6. The van der Waals surface area contributed by atoms with Gasteiger partial charge in [-0.05, 0) is 20.9 Å². The number of likely N-dealkylation sites (N-methyl/N-ethyl adjacent to an activating group) is 1. The van der Waals surface area contributed by atoms with Gasteiger partial charge in [-0.3, -0.25) is 4.90 Å². The zero-order chi connectivity index (χ0) is 14.0. The summed E-state index contributed by atoms with van der Waals surface area (Å²) in [7, 11) is 4.10. The summed E-state index contributed by atoms with van der Waals surface area (Å²) >= 11 is 0. The summed E-state index contributed by atoms with van der Waals surface area (Å²) in [6, 6.07) is 3.13. The molecular formula is C14H25N5. The normalized spacial score (nSPS) is 24.6. The van der Waals surface area contributed by atoms with Crippen LogP contribution in [0.25, 0.3) is 0 Å². The van der Waals surface area contributed by atoms with Crippen LogP contribution in [0.4, 0.5) is 11.6 Å². The predicted octanol–water partition coefficient (Wildman–Crippen LogP) is 1.61. The Bertz CT molecular complexity index is 400. The van der Waals surface area contributed by atoms with Crippen molar-refractivity contribution in [3.8, 4) is 0 Å². The number of aromatic nitrogens is 2. The van der Waals surface area contributed by atoms with E-state index in [1.807, 2.05) is 13.1 Å². The van der Waals surface area contributed by atoms with Gasteiger partial charge in [0.05, 0.1) is 0 Å². The number of hydrogen-bond donors (Lipinski definition) is 1. The fourth-order valence-electron chi connectivity index (χ4n) is 2.52. The Hall–Kier alpha value is -1.36. The molecule has 5 nitrogen and oxygen atoms in total. The molecule has 1 aliphatic rings. The number of aryl methyl sites for hydroxylation is 1. The van der Waals surface area contributed by atoms with Gasteiger partial charge in [-0.25, -0.2) is 9.97 Å². The van der Waals surface area contributed by atoms with Crippen molar-refractivity contribution in [2.24, 2.45) is 0 Å². The summed E-state index contributed by atoms with van der Waals surface area (Å²) in [6.45, 7) is 8.66. The van der Waals surface area contributed by atoms with Crippen LogP contribution in [0.3, 0.4) is 0 Å². The van der Waals surface area contributed by atoms with Crippen molar-refractivity contribution in [2.75, 3.05) is 37.4 Å². The third kappa shape index (κ3) is 2.97. The first-order chi connectivity index (χ1) is 9.05. The van der Waals surface area contributed by atoms with Gasteiger partial charge in [-0.1, -0.05) is 6.92 Å². The molecule has 0 radical (unpaired) electrons. The standard InChI is InChI=1S/C14H25N5/c1-6-12-16-13(15-4)7-14(17-12)19-8-10(2)18(5)11(3)9-19/h7,10-11H,6,8-9H2,1-5H3,(H,15,16,17). The van der Waals surface area contributed by atoms with Crippen molar-refractivity contribution in [3.05, 3.63) is 11.9 Å². The first-order valence-corrected chi connectivity index (χ1v) is 7.07. The monoisotopic (exact) mass is 263 g/mol. The van der Waals surface area contributed by atoms with E-state index < -0.39 is 0 Å². The van der Waals surface area contributed by atoms with E-state index in [4.69, 9.17) is 0 Å². The van der Waals surface area contributed by atoms with Gasteiger partial charge in [0.2, 0.25) is 0 Å². The third-order valence-corrected chi connectivity index (χ3v) is 4.02. The molecule has 2 atom stereocenters. The highest BCUT2D eigenvalue weighted by Crippen LogP contribution is 2.21. The summed E-state index contributed by atoms with van der Waals surface area (Å²) < 4.78 is 0. The van der Waals surface area contributed by atoms with Gasteiger partial charge in [0.25, 0.3) is 0 Å². The number of rotatable bonds is 3. The van der Waals surface area contributed by atoms with Crippen LogP contribution in [-0.4, -0.2) is 54.1 Å². The van der Waals surface area contributed by atoms with E-state index >= 15 is 0 Å². The van der Waals surface area contributed by atoms with E-state index in [2.05, 4.69) is 52.9 Å². The first-order valence-electron chi connectivity index (χ1n) is 7.07. The largest absolute Gasteiger partial charge is 0.373 e. The Labute approximate surface area is 116 Å². The van der Waals surface area contributed by atoms with E-state index in [0.717, 1.165) is 37.0 Å². The topological polar surface area (TPSA) is 44.3 Å². The molecule has 19 heavy (non-hydrogen) atoms. The van der Waals surface area contributed by atoms with E-state index in [-0.39, 0.29) is 0 Å². The van der Waals surface area contributed by atoms with Crippen molar-refractivity contribution in [1.82, 2.24) is 14.9 Å². The molecule has 0 aromatic carbocycles. The van der Waals surface area contributed by atoms with Gasteiger partial charge in [0, 0.05) is 44.7 Å². The fraction of sp³-hybridized carbons (Fsp3) is 0.714. The average molecular weight is 263 g/mol. The lowest BCUT2D eigenvalue weighted by Crippen LogP contribution is -2.55. The molecule has 0 aliphatic carbocycles. The summed E-state index contributed by atoms with van der Waals surface area (Å²) in [5.74, 6) is 2.85. The SMILES string of the molecule is CCc1nc(NC)cc(N2CC(C)N(C)C(C)C2)n1. The van der Waals surface area contributed by atoms with Crippen LogP contribution >= 0.6 is 0 Å². The van der Waals surface area contributed by atoms with Gasteiger partial charge in [0.1, 0.15) is 17.5 Å². The molecule has 2 unspecified atom stereocenters. The Balaban J connectivity index is 2.26. The Morgan fingerprint density at radius 3 is 2.42 bits per heavy atom. The Kier molecular flexibility index (Phi) is 4.24. The van der Waals surface area contributed by atoms with Crippen molar-refractivity contribution >= 4 is 11.6 Å². The fourth-order valence-corrected chi connectivity index (χ4v) is 2.52. The van der Waals surface area contributed by atoms with Crippen LogP contribution in [0.15, 0.2) is 6.07 Å². The molecule has 5 heteroatoms. The van der Waals surface area contributed by atoms with Crippen molar-refractivity contribution in [3.63, 3.8) is 0 Å². The Morgan fingerprint density at radius 1 is 1.26 bits per heavy atom. The van der Waals surface area contributed by atoms with Crippen LogP contribution < -0.4 is 10.2 Å². The lowest BCUT2D eigenvalue weighted by molar-refractivity contribution is 0.169.